The van der Waals surface area contributed by atoms with Crippen LogP contribution in [-0.4, -0.2) is 30.4 Å². The van der Waals surface area contributed by atoms with E-state index in [0.29, 0.717) is 33.6 Å². The number of anilines is 1. The van der Waals surface area contributed by atoms with Crippen molar-refractivity contribution in [2.24, 2.45) is 0 Å². The van der Waals surface area contributed by atoms with Gasteiger partial charge in [-0.1, -0.05) is 6.07 Å². The standard InChI is InChI=1S/C18H11N7OS/c19-8-12-4-3-7-22-16(12)13-10-27-18(23-13)24-17(26)14-9-20-11-25(14)15-5-1-2-6-21-15/h1-7,9-11H,(H,23,24,26). The fourth-order valence-corrected chi connectivity index (χ4v) is 3.13. The van der Waals surface area contributed by atoms with Gasteiger partial charge in [-0.3, -0.25) is 19.7 Å². The van der Waals surface area contributed by atoms with Gasteiger partial charge in [0.15, 0.2) is 5.13 Å². The molecule has 1 N–H and O–H groups in total. The van der Waals surface area contributed by atoms with Crippen LogP contribution in [0.2, 0.25) is 0 Å². The molecule has 27 heavy (non-hydrogen) atoms. The van der Waals surface area contributed by atoms with E-state index in [1.165, 1.54) is 23.9 Å². The minimum absolute atomic E-state index is 0.334. The summed E-state index contributed by atoms with van der Waals surface area (Å²) in [6, 6.07) is 10.9. The van der Waals surface area contributed by atoms with Crippen molar-refractivity contribution >= 4 is 22.4 Å². The number of amides is 1. The third-order valence-electron chi connectivity index (χ3n) is 3.66. The zero-order valence-electron chi connectivity index (χ0n) is 13.8. The van der Waals surface area contributed by atoms with Crippen LogP contribution in [0.4, 0.5) is 5.13 Å². The molecule has 1 amide bonds. The van der Waals surface area contributed by atoms with Gasteiger partial charge in [0.2, 0.25) is 0 Å². The van der Waals surface area contributed by atoms with Gasteiger partial charge in [0, 0.05) is 17.8 Å². The Morgan fingerprint density at radius 3 is 2.89 bits per heavy atom. The van der Waals surface area contributed by atoms with Crippen molar-refractivity contribution in [3.63, 3.8) is 0 Å². The van der Waals surface area contributed by atoms with Crippen molar-refractivity contribution in [1.29, 1.82) is 5.26 Å². The van der Waals surface area contributed by atoms with Crippen molar-refractivity contribution in [2.45, 2.75) is 0 Å². The lowest BCUT2D eigenvalue weighted by atomic mass is 10.2. The summed E-state index contributed by atoms with van der Waals surface area (Å²) in [5.74, 6) is 0.229. The Hall–Kier alpha value is -3.90. The first kappa shape index (κ1) is 16.6. The minimum atomic E-state index is -0.361. The van der Waals surface area contributed by atoms with Crippen molar-refractivity contribution in [3.05, 3.63) is 71.9 Å². The van der Waals surface area contributed by atoms with E-state index in [9.17, 15) is 10.1 Å². The second kappa shape index (κ2) is 7.15. The number of pyridine rings is 2. The van der Waals surface area contributed by atoms with Crippen LogP contribution in [0.25, 0.3) is 17.2 Å². The molecule has 4 heterocycles. The number of rotatable bonds is 4. The van der Waals surface area contributed by atoms with Crippen molar-refractivity contribution < 1.29 is 4.79 Å². The first-order valence-corrected chi connectivity index (χ1v) is 8.70. The van der Waals surface area contributed by atoms with E-state index in [0.717, 1.165) is 0 Å². The first-order chi connectivity index (χ1) is 13.3. The predicted octanol–water partition coefficient (Wildman–Crippen LogP) is 2.91. The maximum absolute atomic E-state index is 12.6. The molecule has 0 aliphatic heterocycles. The van der Waals surface area contributed by atoms with Gasteiger partial charge in [-0.25, -0.2) is 15.0 Å². The topological polar surface area (TPSA) is 109 Å². The molecule has 0 aliphatic rings. The van der Waals surface area contributed by atoms with E-state index < -0.39 is 0 Å². The number of hydrogen-bond acceptors (Lipinski definition) is 7. The molecule has 0 fully saturated rings. The van der Waals surface area contributed by atoms with Crippen LogP contribution >= 0.6 is 11.3 Å². The molecule has 0 saturated heterocycles. The number of hydrogen-bond donors (Lipinski definition) is 1. The smallest absolute Gasteiger partial charge is 0.276 e. The molecular formula is C18H11N7OS. The Morgan fingerprint density at radius 2 is 2.07 bits per heavy atom. The highest BCUT2D eigenvalue weighted by Gasteiger charge is 2.16. The molecule has 0 unspecified atom stereocenters. The lowest BCUT2D eigenvalue weighted by Gasteiger charge is -2.06. The fraction of sp³-hybridized carbons (Fsp3) is 0. The molecule has 0 aromatic carbocycles. The molecule has 130 valence electrons. The van der Waals surface area contributed by atoms with Gasteiger partial charge >= 0.3 is 0 Å². The maximum Gasteiger partial charge on any atom is 0.276 e. The zero-order chi connectivity index (χ0) is 18.6. The number of nitrogens with one attached hydrogen (secondary N) is 1. The Bertz CT molecular complexity index is 1140. The quantitative estimate of drug-likeness (QED) is 0.589. The third-order valence-corrected chi connectivity index (χ3v) is 4.42. The van der Waals surface area contributed by atoms with E-state index in [-0.39, 0.29) is 5.91 Å². The summed E-state index contributed by atoms with van der Waals surface area (Å²) in [7, 11) is 0. The zero-order valence-corrected chi connectivity index (χ0v) is 14.6. The molecule has 8 nitrogen and oxygen atoms in total. The summed E-state index contributed by atoms with van der Waals surface area (Å²) < 4.78 is 1.59. The van der Waals surface area contributed by atoms with Crippen LogP contribution in [0.15, 0.2) is 60.6 Å². The summed E-state index contributed by atoms with van der Waals surface area (Å²) in [4.78, 5) is 29.5. The van der Waals surface area contributed by atoms with Gasteiger partial charge in [0.05, 0.1) is 11.8 Å². The van der Waals surface area contributed by atoms with Gasteiger partial charge in [0.1, 0.15) is 35.3 Å². The molecule has 0 atom stereocenters. The van der Waals surface area contributed by atoms with Gasteiger partial charge in [0.25, 0.3) is 5.91 Å². The van der Waals surface area contributed by atoms with Crippen LogP contribution in [0.5, 0.6) is 0 Å². The second-order valence-corrected chi connectivity index (χ2v) is 6.20. The van der Waals surface area contributed by atoms with Crippen molar-refractivity contribution in [1.82, 2.24) is 24.5 Å². The SMILES string of the molecule is N#Cc1cccnc1-c1csc(NC(=O)c2cncn2-c2ccccn2)n1. The lowest BCUT2D eigenvalue weighted by Crippen LogP contribution is -2.16. The van der Waals surface area contributed by atoms with E-state index >= 15 is 0 Å². The maximum atomic E-state index is 12.6. The molecule has 0 bridgehead atoms. The summed E-state index contributed by atoms with van der Waals surface area (Å²) in [6.07, 6.45) is 6.23. The minimum Gasteiger partial charge on any atom is -0.296 e. The number of thiazole rings is 1. The van der Waals surface area contributed by atoms with Gasteiger partial charge in [-0.15, -0.1) is 11.3 Å². The molecule has 4 aromatic rings. The highest BCUT2D eigenvalue weighted by Crippen LogP contribution is 2.26. The number of carbonyl (C=O) groups excluding carboxylic acids is 1. The molecule has 9 heteroatoms. The van der Waals surface area contributed by atoms with Gasteiger partial charge < -0.3 is 0 Å². The number of imidazole rings is 1. The van der Waals surface area contributed by atoms with Crippen LogP contribution in [0.3, 0.4) is 0 Å². The number of aromatic nitrogens is 5. The average molecular weight is 373 g/mol. The molecule has 4 rings (SSSR count). The summed E-state index contributed by atoms with van der Waals surface area (Å²) in [5, 5.41) is 14.1. The third kappa shape index (κ3) is 3.29. The van der Waals surface area contributed by atoms with Gasteiger partial charge in [-0.2, -0.15) is 5.26 Å². The highest BCUT2D eigenvalue weighted by molar-refractivity contribution is 7.14. The monoisotopic (exact) mass is 373 g/mol. The fourth-order valence-electron chi connectivity index (χ4n) is 2.44. The van der Waals surface area contributed by atoms with Crippen LogP contribution < -0.4 is 5.32 Å². The van der Waals surface area contributed by atoms with E-state index in [4.69, 9.17) is 0 Å². The summed E-state index contributed by atoms with van der Waals surface area (Å²) in [5.41, 5.74) is 1.77. The summed E-state index contributed by atoms with van der Waals surface area (Å²) in [6.45, 7) is 0. The number of nitriles is 1. The first-order valence-electron chi connectivity index (χ1n) is 7.82. The predicted molar refractivity (Wildman–Crippen MR) is 99.4 cm³/mol. The van der Waals surface area contributed by atoms with Crippen LogP contribution in [0.1, 0.15) is 16.1 Å². The Balaban J connectivity index is 1.58. The molecule has 0 spiro atoms. The Morgan fingerprint density at radius 1 is 1.19 bits per heavy atom. The molecule has 0 radical (unpaired) electrons. The van der Waals surface area contributed by atoms with Crippen LogP contribution in [0, 0.1) is 11.3 Å². The normalized spacial score (nSPS) is 10.3. The number of nitrogens with zero attached hydrogens (tertiary/aromatic N) is 6. The second-order valence-electron chi connectivity index (χ2n) is 5.34. The van der Waals surface area contributed by atoms with E-state index in [1.807, 2.05) is 6.07 Å². The van der Waals surface area contributed by atoms with Crippen LogP contribution in [-0.2, 0) is 0 Å². The van der Waals surface area contributed by atoms with E-state index in [1.54, 1.807) is 46.6 Å². The Kier molecular flexibility index (Phi) is 4.38. The van der Waals surface area contributed by atoms with Crippen molar-refractivity contribution in [2.75, 3.05) is 5.32 Å². The molecule has 0 saturated carbocycles. The van der Waals surface area contributed by atoms with Crippen molar-refractivity contribution in [3.8, 4) is 23.3 Å². The van der Waals surface area contributed by atoms with Gasteiger partial charge in [-0.05, 0) is 24.3 Å². The molecule has 4 aromatic heterocycles. The molecular weight excluding hydrogens is 362 g/mol. The molecule has 0 aliphatic carbocycles. The number of carbonyl (C=O) groups is 1. The lowest BCUT2D eigenvalue weighted by molar-refractivity contribution is 0.102. The Labute approximate surface area is 157 Å². The largest absolute Gasteiger partial charge is 0.296 e. The highest BCUT2D eigenvalue weighted by atomic mass is 32.1. The summed E-state index contributed by atoms with van der Waals surface area (Å²) >= 11 is 1.25. The average Bonchev–Trinajstić information content (AvgIpc) is 3.38. The van der Waals surface area contributed by atoms with E-state index in [2.05, 4.69) is 31.3 Å².